The Morgan fingerprint density at radius 1 is 1.54 bits per heavy atom. The SMILES string of the molecule is CNC(CO)c1ccc(F)cc1C. The number of aliphatic hydroxyl groups excluding tert-OH is 1. The van der Waals surface area contributed by atoms with E-state index in [2.05, 4.69) is 5.32 Å². The Labute approximate surface area is 77.4 Å². The van der Waals surface area contributed by atoms with Gasteiger partial charge in [-0.2, -0.15) is 0 Å². The zero-order valence-electron chi connectivity index (χ0n) is 7.84. The molecule has 0 aromatic heterocycles. The minimum Gasteiger partial charge on any atom is -0.394 e. The van der Waals surface area contributed by atoms with Crippen molar-refractivity contribution in [1.29, 1.82) is 0 Å². The molecule has 0 saturated carbocycles. The van der Waals surface area contributed by atoms with Gasteiger partial charge in [0.2, 0.25) is 0 Å². The molecule has 0 bridgehead atoms. The highest BCUT2D eigenvalue weighted by Crippen LogP contribution is 2.17. The van der Waals surface area contributed by atoms with Crippen LogP contribution in [0.15, 0.2) is 18.2 Å². The Balaban J connectivity index is 2.99. The van der Waals surface area contributed by atoms with E-state index in [1.54, 1.807) is 13.1 Å². The van der Waals surface area contributed by atoms with Crippen molar-refractivity contribution >= 4 is 0 Å². The number of likely N-dealkylation sites (N-methyl/N-ethyl adjacent to an activating group) is 1. The second-order valence-electron chi connectivity index (χ2n) is 3.02. The lowest BCUT2D eigenvalue weighted by Crippen LogP contribution is -2.20. The fraction of sp³-hybridized carbons (Fsp3) is 0.400. The first-order valence-corrected chi connectivity index (χ1v) is 4.23. The fourth-order valence-corrected chi connectivity index (χ4v) is 1.38. The number of halogens is 1. The standard InChI is InChI=1S/C10H14FNO/c1-7-5-8(11)3-4-9(7)10(6-13)12-2/h3-5,10,12-13H,6H2,1-2H3. The average Bonchev–Trinajstić information content (AvgIpc) is 2.10. The predicted molar refractivity (Wildman–Crippen MR) is 50.0 cm³/mol. The molecule has 0 aliphatic carbocycles. The molecule has 2 nitrogen and oxygen atoms in total. The summed E-state index contributed by atoms with van der Waals surface area (Å²) in [5.74, 6) is -0.242. The molecule has 0 fully saturated rings. The molecule has 1 unspecified atom stereocenters. The Bertz CT molecular complexity index is 284. The van der Waals surface area contributed by atoms with Gasteiger partial charge in [0, 0.05) is 0 Å². The van der Waals surface area contributed by atoms with Crippen molar-refractivity contribution in [2.75, 3.05) is 13.7 Å². The molecule has 1 rings (SSSR count). The van der Waals surface area contributed by atoms with E-state index in [9.17, 15) is 4.39 Å². The summed E-state index contributed by atoms with van der Waals surface area (Å²) < 4.78 is 12.7. The van der Waals surface area contributed by atoms with E-state index in [1.807, 2.05) is 6.92 Å². The Morgan fingerprint density at radius 2 is 2.23 bits per heavy atom. The van der Waals surface area contributed by atoms with Crippen molar-refractivity contribution in [1.82, 2.24) is 5.32 Å². The topological polar surface area (TPSA) is 32.3 Å². The number of nitrogens with one attached hydrogen (secondary N) is 1. The minimum absolute atomic E-state index is 0.0168. The second-order valence-corrected chi connectivity index (χ2v) is 3.02. The molecule has 3 heteroatoms. The van der Waals surface area contributed by atoms with Gasteiger partial charge in [0.15, 0.2) is 0 Å². The van der Waals surface area contributed by atoms with E-state index in [0.29, 0.717) is 0 Å². The number of benzene rings is 1. The van der Waals surface area contributed by atoms with Crippen LogP contribution >= 0.6 is 0 Å². The van der Waals surface area contributed by atoms with E-state index in [1.165, 1.54) is 12.1 Å². The molecular formula is C10H14FNO. The lowest BCUT2D eigenvalue weighted by Gasteiger charge is -2.15. The second kappa shape index (κ2) is 4.35. The predicted octanol–water partition coefficient (Wildman–Crippen LogP) is 1.39. The smallest absolute Gasteiger partial charge is 0.123 e. The largest absolute Gasteiger partial charge is 0.394 e. The lowest BCUT2D eigenvalue weighted by atomic mass is 10.0. The fourth-order valence-electron chi connectivity index (χ4n) is 1.38. The molecule has 2 N–H and O–H groups in total. The molecule has 13 heavy (non-hydrogen) atoms. The first-order chi connectivity index (χ1) is 6.19. The molecule has 0 amide bonds. The summed E-state index contributed by atoms with van der Waals surface area (Å²) in [5, 5.41) is 12.0. The van der Waals surface area contributed by atoms with Gasteiger partial charge >= 0.3 is 0 Å². The third-order valence-corrected chi connectivity index (χ3v) is 2.14. The molecule has 1 aromatic carbocycles. The summed E-state index contributed by atoms with van der Waals surface area (Å²) in [6.45, 7) is 1.85. The highest BCUT2D eigenvalue weighted by molar-refractivity contribution is 5.29. The molecule has 1 atom stereocenters. The van der Waals surface area contributed by atoms with Gasteiger partial charge in [-0.05, 0) is 37.2 Å². The van der Waals surface area contributed by atoms with Crippen LogP contribution in [0, 0.1) is 12.7 Å². The zero-order valence-corrected chi connectivity index (χ0v) is 7.84. The highest BCUT2D eigenvalue weighted by Gasteiger charge is 2.10. The van der Waals surface area contributed by atoms with Gasteiger partial charge in [0.1, 0.15) is 5.82 Å². The maximum Gasteiger partial charge on any atom is 0.123 e. The van der Waals surface area contributed by atoms with Crippen LogP contribution in [0.5, 0.6) is 0 Å². The summed E-state index contributed by atoms with van der Waals surface area (Å²) in [6.07, 6.45) is 0. The average molecular weight is 183 g/mol. The first-order valence-electron chi connectivity index (χ1n) is 4.23. The van der Waals surface area contributed by atoms with E-state index in [0.717, 1.165) is 11.1 Å². The van der Waals surface area contributed by atoms with Crippen molar-refractivity contribution in [3.8, 4) is 0 Å². The summed E-state index contributed by atoms with van der Waals surface area (Å²) in [6, 6.07) is 4.46. The van der Waals surface area contributed by atoms with Crippen molar-refractivity contribution in [2.24, 2.45) is 0 Å². The van der Waals surface area contributed by atoms with Crippen molar-refractivity contribution < 1.29 is 9.50 Å². The molecule has 1 aromatic rings. The summed E-state index contributed by atoms with van der Waals surface area (Å²) in [7, 11) is 1.77. The zero-order chi connectivity index (χ0) is 9.84. The molecular weight excluding hydrogens is 169 g/mol. The monoisotopic (exact) mass is 183 g/mol. The van der Waals surface area contributed by atoms with E-state index >= 15 is 0 Å². The molecule has 0 aliphatic heterocycles. The molecule has 0 heterocycles. The highest BCUT2D eigenvalue weighted by atomic mass is 19.1. The van der Waals surface area contributed by atoms with Crippen LogP contribution in [0.25, 0.3) is 0 Å². The van der Waals surface area contributed by atoms with Crippen LogP contribution in [0.3, 0.4) is 0 Å². The van der Waals surface area contributed by atoms with Gasteiger partial charge in [-0.1, -0.05) is 6.07 Å². The third kappa shape index (κ3) is 2.26. The maximum absolute atomic E-state index is 12.7. The van der Waals surface area contributed by atoms with Crippen molar-refractivity contribution in [3.63, 3.8) is 0 Å². The van der Waals surface area contributed by atoms with Crippen molar-refractivity contribution in [2.45, 2.75) is 13.0 Å². The normalized spacial score (nSPS) is 12.9. The number of hydrogen-bond donors (Lipinski definition) is 2. The van der Waals surface area contributed by atoms with Crippen LogP contribution in [0.1, 0.15) is 17.2 Å². The minimum atomic E-state index is -0.242. The summed E-state index contributed by atoms with van der Waals surface area (Å²) >= 11 is 0. The molecule has 72 valence electrons. The number of hydrogen-bond acceptors (Lipinski definition) is 2. The van der Waals surface area contributed by atoms with Crippen LogP contribution in [0.4, 0.5) is 4.39 Å². The number of rotatable bonds is 3. The van der Waals surface area contributed by atoms with E-state index < -0.39 is 0 Å². The van der Waals surface area contributed by atoms with Crippen LogP contribution in [-0.4, -0.2) is 18.8 Å². The van der Waals surface area contributed by atoms with Crippen LogP contribution < -0.4 is 5.32 Å². The van der Waals surface area contributed by atoms with Gasteiger partial charge in [-0.3, -0.25) is 0 Å². The summed E-state index contributed by atoms with van der Waals surface area (Å²) in [5.41, 5.74) is 1.79. The van der Waals surface area contributed by atoms with Crippen molar-refractivity contribution in [3.05, 3.63) is 35.1 Å². The Morgan fingerprint density at radius 3 is 2.69 bits per heavy atom. The maximum atomic E-state index is 12.7. The van der Waals surface area contributed by atoms with Crippen LogP contribution in [0.2, 0.25) is 0 Å². The molecule has 0 spiro atoms. The van der Waals surface area contributed by atoms with Gasteiger partial charge in [0.05, 0.1) is 12.6 Å². The van der Waals surface area contributed by atoms with Gasteiger partial charge < -0.3 is 10.4 Å². The molecule has 0 radical (unpaired) electrons. The molecule has 0 saturated heterocycles. The number of aryl methyl sites for hydroxylation is 1. The first kappa shape index (κ1) is 10.2. The quantitative estimate of drug-likeness (QED) is 0.742. The third-order valence-electron chi connectivity index (χ3n) is 2.14. The van der Waals surface area contributed by atoms with E-state index in [-0.39, 0.29) is 18.5 Å². The number of aliphatic hydroxyl groups is 1. The van der Waals surface area contributed by atoms with Gasteiger partial charge in [0.25, 0.3) is 0 Å². The Kier molecular flexibility index (Phi) is 3.39. The van der Waals surface area contributed by atoms with Gasteiger partial charge in [-0.25, -0.2) is 4.39 Å². The van der Waals surface area contributed by atoms with Crippen LogP contribution in [-0.2, 0) is 0 Å². The molecule has 0 aliphatic rings. The van der Waals surface area contributed by atoms with E-state index in [4.69, 9.17) is 5.11 Å². The van der Waals surface area contributed by atoms with Gasteiger partial charge in [-0.15, -0.1) is 0 Å². The summed E-state index contributed by atoms with van der Waals surface area (Å²) in [4.78, 5) is 0. The lowest BCUT2D eigenvalue weighted by molar-refractivity contribution is 0.250. The Hall–Kier alpha value is -0.930.